The summed E-state index contributed by atoms with van der Waals surface area (Å²) in [6, 6.07) is 0. The van der Waals surface area contributed by atoms with Crippen LogP contribution in [0.5, 0.6) is 0 Å². The number of rotatable bonds is 1. The van der Waals surface area contributed by atoms with Gasteiger partial charge in [0.05, 0.1) is 0 Å². The summed E-state index contributed by atoms with van der Waals surface area (Å²) in [6.07, 6.45) is 0.909. The van der Waals surface area contributed by atoms with E-state index in [0.717, 1.165) is 25.1 Å². The van der Waals surface area contributed by atoms with Gasteiger partial charge in [-0.3, -0.25) is 0 Å². The molecule has 1 fully saturated rings. The SMILES string of the molecule is O=S(O)C=C1CCNC1. The third-order valence-corrected chi connectivity index (χ3v) is 1.78. The zero-order valence-corrected chi connectivity index (χ0v) is 5.78. The molecule has 0 aromatic carbocycles. The normalized spacial score (nSPS) is 27.0. The van der Waals surface area contributed by atoms with E-state index in [-0.39, 0.29) is 0 Å². The van der Waals surface area contributed by atoms with Crippen molar-refractivity contribution in [1.82, 2.24) is 5.32 Å². The van der Waals surface area contributed by atoms with Crippen LogP contribution in [0, 0.1) is 0 Å². The van der Waals surface area contributed by atoms with Crippen LogP contribution in [0.4, 0.5) is 0 Å². The Labute approximate surface area is 56.4 Å². The topological polar surface area (TPSA) is 49.3 Å². The molecule has 0 saturated carbocycles. The molecule has 0 aromatic heterocycles. The van der Waals surface area contributed by atoms with E-state index in [2.05, 4.69) is 5.32 Å². The van der Waals surface area contributed by atoms with Crippen LogP contribution in [0.15, 0.2) is 11.0 Å². The van der Waals surface area contributed by atoms with Gasteiger partial charge in [0.25, 0.3) is 0 Å². The highest BCUT2D eigenvalue weighted by Crippen LogP contribution is 2.05. The molecule has 1 heterocycles. The van der Waals surface area contributed by atoms with E-state index in [9.17, 15) is 4.21 Å². The Morgan fingerprint density at radius 2 is 2.56 bits per heavy atom. The molecule has 1 unspecified atom stereocenters. The van der Waals surface area contributed by atoms with E-state index >= 15 is 0 Å². The van der Waals surface area contributed by atoms with Gasteiger partial charge in [-0.25, -0.2) is 4.21 Å². The molecule has 0 amide bonds. The summed E-state index contributed by atoms with van der Waals surface area (Å²) in [5.41, 5.74) is 1.04. The van der Waals surface area contributed by atoms with Crippen molar-refractivity contribution in [2.45, 2.75) is 6.42 Å². The zero-order valence-electron chi connectivity index (χ0n) is 4.96. The van der Waals surface area contributed by atoms with E-state index < -0.39 is 11.1 Å². The Bertz CT molecular complexity index is 147. The molecule has 0 aromatic rings. The fraction of sp³-hybridized carbons (Fsp3) is 0.600. The van der Waals surface area contributed by atoms with Crippen LogP contribution < -0.4 is 5.32 Å². The van der Waals surface area contributed by atoms with Crippen LogP contribution in [0.1, 0.15) is 6.42 Å². The maximum atomic E-state index is 10.2. The molecule has 1 aliphatic rings. The van der Waals surface area contributed by atoms with Crippen LogP contribution in [0.3, 0.4) is 0 Å². The van der Waals surface area contributed by atoms with E-state index in [4.69, 9.17) is 4.55 Å². The lowest BCUT2D eigenvalue weighted by atomic mass is 10.3. The zero-order chi connectivity index (χ0) is 6.69. The Kier molecular flexibility index (Phi) is 2.38. The lowest BCUT2D eigenvalue weighted by Crippen LogP contribution is -2.04. The first-order valence-corrected chi connectivity index (χ1v) is 3.96. The van der Waals surface area contributed by atoms with Gasteiger partial charge in [0.15, 0.2) is 11.1 Å². The first kappa shape index (κ1) is 6.92. The van der Waals surface area contributed by atoms with E-state index in [1.54, 1.807) is 0 Å². The van der Waals surface area contributed by atoms with Crippen LogP contribution >= 0.6 is 0 Å². The maximum absolute atomic E-state index is 10.2. The summed E-state index contributed by atoms with van der Waals surface area (Å²) in [5.74, 6) is 0. The third-order valence-electron chi connectivity index (χ3n) is 1.24. The Morgan fingerprint density at radius 3 is 3.00 bits per heavy atom. The molecule has 0 radical (unpaired) electrons. The first-order valence-electron chi connectivity index (χ1n) is 2.79. The summed E-state index contributed by atoms with van der Waals surface area (Å²) < 4.78 is 18.5. The Balaban J connectivity index is 2.49. The monoisotopic (exact) mass is 147 g/mol. The molecule has 0 bridgehead atoms. The van der Waals surface area contributed by atoms with Gasteiger partial charge in [-0.1, -0.05) is 0 Å². The second kappa shape index (κ2) is 3.10. The van der Waals surface area contributed by atoms with Gasteiger partial charge in [-0.05, 0) is 18.5 Å². The lowest BCUT2D eigenvalue weighted by Gasteiger charge is -1.87. The van der Waals surface area contributed by atoms with Gasteiger partial charge in [-0.15, -0.1) is 0 Å². The van der Waals surface area contributed by atoms with Crippen LogP contribution in [-0.4, -0.2) is 21.9 Å². The van der Waals surface area contributed by atoms with Gasteiger partial charge >= 0.3 is 0 Å². The Morgan fingerprint density at radius 1 is 1.78 bits per heavy atom. The number of hydrogen-bond donors (Lipinski definition) is 2. The Hall–Kier alpha value is -0.190. The summed E-state index contributed by atoms with van der Waals surface area (Å²) >= 11 is -1.76. The third kappa shape index (κ3) is 2.26. The second-order valence-corrected chi connectivity index (χ2v) is 2.77. The van der Waals surface area contributed by atoms with Crippen molar-refractivity contribution < 1.29 is 8.76 Å². The highest BCUT2D eigenvalue weighted by molar-refractivity contribution is 7.82. The van der Waals surface area contributed by atoms with Crippen molar-refractivity contribution in [2.75, 3.05) is 13.1 Å². The summed E-state index contributed by atoms with van der Waals surface area (Å²) in [7, 11) is 0. The number of hydrogen-bond acceptors (Lipinski definition) is 2. The largest absolute Gasteiger partial charge is 0.313 e. The molecule has 4 heteroatoms. The van der Waals surface area contributed by atoms with Crippen molar-refractivity contribution in [3.8, 4) is 0 Å². The van der Waals surface area contributed by atoms with Gasteiger partial charge in [0.1, 0.15) is 0 Å². The van der Waals surface area contributed by atoms with Gasteiger partial charge in [0.2, 0.25) is 0 Å². The maximum Gasteiger partial charge on any atom is 0.178 e. The van der Waals surface area contributed by atoms with Gasteiger partial charge in [0, 0.05) is 12.0 Å². The van der Waals surface area contributed by atoms with Crippen LogP contribution in [-0.2, 0) is 11.1 Å². The molecular weight excluding hydrogens is 138 g/mol. The number of nitrogens with one attached hydrogen (secondary N) is 1. The van der Waals surface area contributed by atoms with Crippen molar-refractivity contribution >= 4 is 11.1 Å². The van der Waals surface area contributed by atoms with E-state index in [1.807, 2.05) is 0 Å². The van der Waals surface area contributed by atoms with Crippen LogP contribution in [0.2, 0.25) is 0 Å². The molecule has 9 heavy (non-hydrogen) atoms. The van der Waals surface area contributed by atoms with Crippen molar-refractivity contribution in [3.05, 3.63) is 11.0 Å². The van der Waals surface area contributed by atoms with Gasteiger partial charge in [-0.2, -0.15) is 0 Å². The van der Waals surface area contributed by atoms with Gasteiger partial charge < -0.3 is 9.87 Å². The lowest BCUT2D eigenvalue weighted by molar-refractivity contribution is 0.574. The van der Waals surface area contributed by atoms with E-state index in [0.29, 0.717) is 0 Å². The predicted octanol–water partition coefficient (Wildman–Crippen LogP) is 0.0853. The molecule has 0 spiro atoms. The molecule has 1 rings (SSSR count). The average Bonchev–Trinajstić information content (AvgIpc) is 2.15. The average molecular weight is 147 g/mol. The molecular formula is C5H9NO2S. The summed E-state index contributed by atoms with van der Waals surface area (Å²) in [5, 5.41) is 4.45. The summed E-state index contributed by atoms with van der Waals surface area (Å²) in [4.78, 5) is 0. The minimum absolute atomic E-state index is 0.770. The molecule has 2 N–H and O–H groups in total. The molecule has 52 valence electrons. The fourth-order valence-corrected chi connectivity index (χ4v) is 1.32. The second-order valence-electron chi connectivity index (χ2n) is 1.98. The predicted molar refractivity (Wildman–Crippen MR) is 36.3 cm³/mol. The van der Waals surface area contributed by atoms with Crippen molar-refractivity contribution in [1.29, 1.82) is 0 Å². The fourth-order valence-electron chi connectivity index (χ4n) is 0.829. The highest BCUT2D eigenvalue weighted by atomic mass is 32.2. The molecule has 1 saturated heterocycles. The molecule has 1 aliphatic heterocycles. The quantitative estimate of drug-likeness (QED) is 0.517. The minimum atomic E-state index is -1.76. The smallest absolute Gasteiger partial charge is 0.178 e. The van der Waals surface area contributed by atoms with Crippen molar-refractivity contribution in [2.24, 2.45) is 0 Å². The minimum Gasteiger partial charge on any atom is -0.313 e. The standard InChI is InChI=1S/C5H9NO2S/c7-9(8)4-5-1-2-6-3-5/h4,6H,1-3H2,(H,7,8). The highest BCUT2D eigenvalue weighted by Gasteiger charge is 2.05. The van der Waals surface area contributed by atoms with E-state index in [1.165, 1.54) is 5.41 Å². The molecule has 3 nitrogen and oxygen atoms in total. The van der Waals surface area contributed by atoms with Crippen LogP contribution in [0.25, 0.3) is 0 Å². The van der Waals surface area contributed by atoms with Crippen molar-refractivity contribution in [3.63, 3.8) is 0 Å². The molecule has 0 aliphatic carbocycles. The molecule has 1 atom stereocenters. The summed E-state index contributed by atoms with van der Waals surface area (Å²) in [6.45, 7) is 1.70. The first-order chi connectivity index (χ1) is 4.29.